The van der Waals surface area contributed by atoms with Crippen molar-refractivity contribution in [2.24, 2.45) is 5.92 Å². The fourth-order valence-corrected chi connectivity index (χ4v) is 5.76. The fourth-order valence-electron chi connectivity index (χ4n) is 3.93. The number of likely N-dealkylation sites (N-methyl/N-ethyl adjacent to an activating group) is 1. The fraction of sp³-hybridized carbons (Fsp3) is 0.458. The molecule has 2 heterocycles. The van der Waals surface area contributed by atoms with Crippen molar-refractivity contribution in [1.29, 1.82) is 0 Å². The molecule has 0 aliphatic carbocycles. The number of pyridine rings is 1. The topological polar surface area (TPSA) is 83.0 Å². The molecule has 8 heteroatoms. The van der Waals surface area contributed by atoms with Crippen LogP contribution in [0.2, 0.25) is 0 Å². The number of aliphatic hydroxyl groups is 1. The number of ether oxygens (including phenoxy) is 1. The molecule has 3 rings (SSSR count). The third-order valence-corrected chi connectivity index (χ3v) is 7.74. The van der Waals surface area contributed by atoms with Crippen LogP contribution in [0.4, 0.5) is 0 Å². The summed E-state index contributed by atoms with van der Waals surface area (Å²) < 4.78 is 34.7. The van der Waals surface area contributed by atoms with Crippen molar-refractivity contribution in [1.82, 2.24) is 14.2 Å². The van der Waals surface area contributed by atoms with Gasteiger partial charge in [0, 0.05) is 44.0 Å². The van der Waals surface area contributed by atoms with E-state index in [1.807, 2.05) is 51.4 Å². The lowest BCUT2D eigenvalue weighted by Crippen LogP contribution is -2.49. The standard InChI is InChI=1S/C24H33N3O4S/c1-5-7-20-9-10-24-22(12-20)31-23(16-26(4)15-21-8-6-11-25-13-21)18(2)14-27(19(3)17-28)32(24,29)30/h5-13,18-19,23,28H,14-17H2,1-4H3/b7-5+/t18-,19-,23-/m0/s1. The Balaban J connectivity index is 1.97. The van der Waals surface area contributed by atoms with Crippen LogP contribution in [-0.4, -0.2) is 66.6 Å². The van der Waals surface area contributed by atoms with Gasteiger partial charge in [-0.1, -0.05) is 31.2 Å². The molecule has 0 unspecified atom stereocenters. The molecular formula is C24H33N3O4S. The van der Waals surface area contributed by atoms with Gasteiger partial charge in [-0.3, -0.25) is 9.88 Å². The predicted octanol–water partition coefficient (Wildman–Crippen LogP) is 3.02. The lowest BCUT2D eigenvalue weighted by atomic mass is 10.0. The summed E-state index contributed by atoms with van der Waals surface area (Å²) in [5.41, 5.74) is 1.97. The summed E-state index contributed by atoms with van der Waals surface area (Å²) in [5, 5.41) is 9.74. The van der Waals surface area contributed by atoms with Gasteiger partial charge in [0.05, 0.1) is 6.61 Å². The first kappa shape index (κ1) is 24.4. The van der Waals surface area contributed by atoms with Gasteiger partial charge in [0.2, 0.25) is 10.0 Å². The van der Waals surface area contributed by atoms with Crippen LogP contribution in [0.3, 0.4) is 0 Å². The summed E-state index contributed by atoms with van der Waals surface area (Å²) >= 11 is 0. The summed E-state index contributed by atoms with van der Waals surface area (Å²) in [6.07, 6.45) is 7.17. The Morgan fingerprint density at radius 1 is 1.38 bits per heavy atom. The molecule has 1 aromatic heterocycles. The van der Waals surface area contributed by atoms with Gasteiger partial charge in [0.25, 0.3) is 0 Å². The number of fused-ring (bicyclic) bond motifs is 1. The van der Waals surface area contributed by atoms with Crippen molar-refractivity contribution in [2.45, 2.75) is 44.4 Å². The molecule has 0 radical (unpaired) electrons. The Morgan fingerprint density at radius 3 is 2.81 bits per heavy atom. The van der Waals surface area contributed by atoms with Crippen molar-refractivity contribution in [3.8, 4) is 5.75 Å². The molecular weight excluding hydrogens is 426 g/mol. The van der Waals surface area contributed by atoms with Gasteiger partial charge in [0.15, 0.2) is 0 Å². The molecule has 2 aromatic rings. The maximum atomic E-state index is 13.5. The summed E-state index contributed by atoms with van der Waals surface area (Å²) in [4.78, 5) is 6.47. The van der Waals surface area contributed by atoms with Gasteiger partial charge in [-0.05, 0) is 50.2 Å². The molecule has 1 N–H and O–H groups in total. The number of aliphatic hydroxyl groups excluding tert-OH is 1. The smallest absolute Gasteiger partial charge is 0.247 e. The number of nitrogens with zero attached hydrogens (tertiary/aromatic N) is 3. The number of rotatable bonds is 7. The van der Waals surface area contributed by atoms with Gasteiger partial charge >= 0.3 is 0 Å². The zero-order valence-corrected chi connectivity index (χ0v) is 20.0. The molecule has 0 amide bonds. The van der Waals surface area contributed by atoms with Crippen LogP contribution in [0, 0.1) is 5.92 Å². The lowest BCUT2D eigenvalue weighted by molar-refractivity contribution is 0.0733. The first-order chi connectivity index (χ1) is 15.3. The molecule has 7 nitrogen and oxygen atoms in total. The maximum absolute atomic E-state index is 13.5. The van der Waals surface area contributed by atoms with Crippen molar-refractivity contribution in [2.75, 3.05) is 26.7 Å². The Morgan fingerprint density at radius 2 is 2.16 bits per heavy atom. The molecule has 1 aliphatic rings. The minimum atomic E-state index is -3.82. The van der Waals surface area contributed by atoms with Crippen molar-refractivity contribution >= 4 is 16.1 Å². The third kappa shape index (κ3) is 5.56. The van der Waals surface area contributed by atoms with E-state index in [-0.39, 0.29) is 30.1 Å². The van der Waals surface area contributed by atoms with Crippen molar-refractivity contribution in [3.63, 3.8) is 0 Å². The largest absolute Gasteiger partial charge is 0.487 e. The first-order valence-corrected chi connectivity index (χ1v) is 12.3. The minimum Gasteiger partial charge on any atom is -0.487 e. The molecule has 3 atom stereocenters. The average Bonchev–Trinajstić information content (AvgIpc) is 2.76. The van der Waals surface area contributed by atoms with E-state index in [9.17, 15) is 13.5 Å². The van der Waals surface area contributed by atoms with E-state index < -0.39 is 16.1 Å². The lowest BCUT2D eigenvalue weighted by Gasteiger charge is -2.37. The number of hydrogen-bond acceptors (Lipinski definition) is 6. The predicted molar refractivity (Wildman–Crippen MR) is 126 cm³/mol. The van der Waals surface area contributed by atoms with E-state index in [1.54, 1.807) is 31.3 Å². The molecule has 0 spiro atoms. The van der Waals surface area contributed by atoms with Crippen molar-refractivity contribution in [3.05, 3.63) is 59.9 Å². The summed E-state index contributed by atoms with van der Waals surface area (Å²) in [6, 6.07) is 8.57. The zero-order chi connectivity index (χ0) is 23.3. The number of benzene rings is 1. The number of hydrogen-bond donors (Lipinski definition) is 1. The molecule has 1 aliphatic heterocycles. The molecule has 32 heavy (non-hydrogen) atoms. The zero-order valence-electron chi connectivity index (χ0n) is 19.2. The highest BCUT2D eigenvalue weighted by Gasteiger charge is 2.38. The van der Waals surface area contributed by atoms with Crippen molar-refractivity contribution < 1.29 is 18.3 Å². The SMILES string of the molecule is C/C=C/c1ccc2c(c1)O[C@@H](CN(C)Cc1cccnc1)[C@@H](C)CN([C@@H](C)CO)S2(=O)=O. The number of sulfonamides is 1. The van der Waals surface area contributed by atoms with Gasteiger partial charge in [-0.15, -0.1) is 0 Å². The normalized spacial score (nSPS) is 22.2. The Hall–Kier alpha value is -2.26. The Kier molecular flexibility index (Phi) is 8.05. The van der Waals surface area contributed by atoms with E-state index in [0.29, 0.717) is 18.8 Å². The van der Waals surface area contributed by atoms with E-state index in [4.69, 9.17) is 4.74 Å². The minimum absolute atomic E-state index is 0.0892. The van der Waals surface area contributed by atoms with Crippen LogP contribution in [0.1, 0.15) is 31.9 Å². The molecule has 0 fully saturated rings. The molecule has 0 bridgehead atoms. The summed E-state index contributed by atoms with van der Waals surface area (Å²) in [7, 11) is -1.80. The highest BCUT2D eigenvalue weighted by Crippen LogP contribution is 2.34. The van der Waals surface area contributed by atoms with Gasteiger partial charge < -0.3 is 9.84 Å². The van der Waals surface area contributed by atoms with Gasteiger partial charge in [-0.2, -0.15) is 4.31 Å². The van der Waals surface area contributed by atoms with E-state index in [1.165, 1.54) is 4.31 Å². The van der Waals surface area contributed by atoms with Crippen LogP contribution >= 0.6 is 0 Å². The second kappa shape index (κ2) is 10.6. The molecule has 0 saturated heterocycles. The second-order valence-corrected chi connectivity index (χ2v) is 10.4. The first-order valence-electron chi connectivity index (χ1n) is 10.9. The quantitative estimate of drug-likeness (QED) is 0.685. The van der Waals surface area contributed by atoms with Gasteiger partial charge in [0.1, 0.15) is 16.7 Å². The Bertz CT molecular complexity index is 1030. The van der Waals surface area contributed by atoms with Crippen LogP contribution in [0.15, 0.2) is 53.7 Å². The molecule has 174 valence electrons. The summed E-state index contributed by atoms with van der Waals surface area (Å²) in [6.45, 7) is 6.99. The van der Waals surface area contributed by atoms with E-state index >= 15 is 0 Å². The van der Waals surface area contributed by atoms with Crippen LogP contribution in [0.5, 0.6) is 5.75 Å². The average molecular weight is 460 g/mol. The highest BCUT2D eigenvalue weighted by molar-refractivity contribution is 7.89. The molecule has 1 aromatic carbocycles. The van der Waals surface area contributed by atoms with Crippen LogP contribution < -0.4 is 4.74 Å². The van der Waals surface area contributed by atoms with E-state index in [0.717, 1.165) is 11.1 Å². The van der Waals surface area contributed by atoms with Gasteiger partial charge in [-0.25, -0.2) is 8.42 Å². The maximum Gasteiger partial charge on any atom is 0.247 e. The third-order valence-electron chi connectivity index (χ3n) is 5.72. The van der Waals surface area contributed by atoms with Crippen LogP contribution in [0.25, 0.3) is 6.08 Å². The highest BCUT2D eigenvalue weighted by atomic mass is 32.2. The number of allylic oxidation sites excluding steroid dienone is 1. The second-order valence-electron chi connectivity index (χ2n) is 8.50. The Labute approximate surface area is 191 Å². The molecule has 0 saturated carbocycles. The van der Waals surface area contributed by atoms with E-state index in [2.05, 4.69) is 9.88 Å². The summed E-state index contributed by atoms with van der Waals surface area (Å²) in [5.74, 6) is 0.260. The number of aromatic nitrogens is 1. The van der Waals surface area contributed by atoms with Crippen LogP contribution in [-0.2, 0) is 16.6 Å². The monoisotopic (exact) mass is 459 g/mol.